The van der Waals surface area contributed by atoms with E-state index in [4.69, 9.17) is 4.74 Å². The third kappa shape index (κ3) is 5.47. The smallest absolute Gasteiger partial charge is 0.307 e. The van der Waals surface area contributed by atoms with Gasteiger partial charge in [-0.25, -0.2) is 0 Å². The highest BCUT2D eigenvalue weighted by molar-refractivity contribution is 5.69. The lowest BCUT2D eigenvalue weighted by atomic mass is 10.2. The van der Waals surface area contributed by atoms with Gasteiger partial charge < -0.3 is 14.4 Å². The van der Waals surface area contributed by atoms with Crippen molar-refractivity contribution in [2.24, 2.45) is 5.92 Å². The summed E-state index contributed by atoms with van der Waals surface area (Å²) in [5, 5.41) is 0. The van der Waals surface area contributed by atoms with Crippen LogP contribution in [0.25, 0.3) is 0 Å². The zero-order chi connectivity index (χ0) is 12.0. The van der Waals surface area contributed by atoms with Crippen LogP contribution in [-0.2, 0) is 14.3 Å². The van der Waals surface area contributed by atoms with Crippen LogP contribution in [0.4, 0.5) is 0 Å². The van der Waals surface area contributed by atoms with E-state index in [0.29, 0.717) is 6.42 Å². The van der Waals surface area contributed by atoms with Crippen molar-refractivity contribution in [1.29, 1.82) is 0 Å². The van der Waals surface area contributed by atoms with Crippen molar-refractivity contribution in [2.45, 2.75) is 32.2 Å². The summed E-state index contributed by atoms with van der Waals surface area (Å²) in [5.41, 5.74) is 0. The number of likely N-dealkylation sites (N-methyl/N-ethyl adjacent to an activating group) is 1. The van der Waals surface area contributed by atoms with Crippen LogP contribution in [0.1, 0.15) is 26.2 Å². The Bertz CT molecular complexity index is 216. The zero-order valence-electron chi connectivity index (χ0n) is 10.6. The maximum absolute atomic E-state index is 11.1. The van der Waals surface area contributed by atoms with E-state index in [0.717, 1.165) is 25.7 Å². The molecule has 0 aromatic carbocycles. The van der Waals surface area contributed by atoms with Gasteiger partial charge in [0.1, 0.15) is 0 Å². The molecule has 16 heavy (non-hydrogen) atoms. The van der Waals surface area contributed by atoms with Crippen molar-refractivity contribution in [2.75, 3.05) is 33.9 Å². The highest BCUT2D eigenvalue weighted by atomic mass is 16.5. The molecule has 0 aromatic heterocycles. The first kappa shape index (κ1) is 13.5. The largest absolute Gasteiger partial charge is 0.469 e. The van der Waals surface area contributed by atoms with E-state index < -0.39 is 0 Å². The summed E-state index contributed by atoms with van der Waals surface area (Å²) in [4.78, 5) is 13.2. The van der Waals surface area contributed by atoms with Crippen molar-refractivity contribution in [3.63, 3.8) is 0 Å². The maximum Gasteiger partial charge on any atom is 0.307 e. The van der Waals surface area contributed by atoms with Gasteiger partial charge in [-0.1, -0.05) is 0 Å². The van der Waals surface area contributed by atoms with Crippen LogP contribution >= 0.6 is 0 Å². The highest BCUT2D eigenvalue weighted by Gasteiger charge is 2.21. The Kier molecular flexibility index (Phi) is 5.77. The van der Waals surface area contributed by atoms with Gasteiger partial charge in [0.25, 0.3) is 0 Å². The molecule has 1 atom stereocenters. The average molecular weight is 229 g/mol. The van der Waals surface area contributed by atoms with Gasteiger partial charge in [0, 0.05) is 19.2 Å². The first-order chi connectivity index (χ1) is 7.63. The van der Waals surface area contributed by atoms with Gasteiger partial charge in [-0.05, 0) is 32.7 Å². The fourth-order valence-electron chi connectivity index (χ4n) is 1.44. The van der Waals surface area contributed by atoms with Crippen molar-refractivity contribution < 1.29 is 14.3 Å². The Morgan fingerprint density at radius 3 is 2.75 bits per heavy atom. The second-order valence-corrected chi connectivity index (χ2v) is 4.63. The number of carbonyl (C=O) groups is 1. The fraction of sp³-hybridized carbons (Fsp3) is 0.917. The summed E-state index contributed by atoms with van der Waals surface area (Å²) in [5.74, 6) is 0.663. The van der Waals surface area contributed by atoms with Crippen molar-refractivity contribution >= 4 is 5.97 Å². The zero-order valence-corrected chi connectivity index (χ0v) is 10.6. The van der Waals surface area contributed by atoms with Gasteiger partial charge in [-0.3, -0.25) is 4.79 Å². The fourth-order valence-corrected chi connectivity index (χ4v) is 1.44. The number of methoxy groups -OCH3 is 1. The summed E-state index contributed by atoms with van der Waals surface area (Å²) >= 11 is 0. The topological polar surface area (TPSA) is 38.8 Å². The SMILES string of the molecule is COC(=O)CC(C)N(C)CCOCC1CC1. The van der Waals surface area contributed by atoms with E-state index in [1.807, 2.05) is 14.0 Å². The van der Waals surface area contributed by atoms with Crippen LogP contribution in [0.3, 0.4) is 0 Å². The lowest BCUT2D eigenvalue weighted by molar-refractivity contribution is -0.141. The molecule has 94 valence electrons. The van der Waals surface area contributed by atoms with E-state index >= 15 is 0 Å². The summed E-state index contributed by atoms with van der Waals surface area (Å²) in [6.45, 7) is 4.54. The average Bonchev–Trinajstić information content (AvgIpc) is 3.07. The molecule has 0 N–H and O–H groups in total. The van der Waals surface area contributed by atoms with E-state index in [1.165, 1.54) is 20.0 Å². The van der Waals surface area contributed by atoms with Crippen molar-refractivity contribution in [3.05, 3.63) is 0 Å². The Morgan fingerprint density at radius 2 is 2.19 bits per heavy atom. The highest BCUT2D eigenvalue weighted by Crippen LogP contribution is 2.28. The number of rotatable bonds is 8. The molecule has 1 rings (SSSR count). The first-order valence-corrected chi connectivity index (χ1v) is 5.98. The Balaban J connectivity index is 2.02. The van der Waals surface area contributed by atoms with Crippen LogP contribution in [0, 0.1) is 5.92 Å². The van der Waals surface area contributed by atoms with E-state index in [9.17, 15) is 4.79 Å². The third-order valence-corrected chi connectivity index (χ3v) is 3.08. The number of hydrogen-bond acceptors (Lipinski definition) is 4. The van der Waals surface area contributed by atoms with Crippen molar-refractivity contribution in [1.82, 2.24) is 4.90 Å². The molecule has 1 saturated carbocycles. The van der Waals surface area contributed by atoms with Gasteiger partial charge in [0.05, 0.1) is 20.1 Å². The number of esters is 1. The minimum Gasteiger partial charge on any atom is -0.469 e. The summed E-state index contributed by atoms with van der Waals surface area (Å²) in [7, 11) is 3.43. The van der Waals surface area contributed by atoms with Gasteiger partial charge in [-0.15, -0.1) is 0 Å². The van der Waals surface area contributed by atoms with E-state index in [2.05, 4.69) is 9.64 Å². The lowest BCUT2D eigenvalue weighted by Gasteiger charge is -2.23. The van der Waals surface area contributed by atoms with Crippen molar-refractivity contribution in [3.8, 4) is 0 Å². The van der Waals surface area contributed by atoms with Gasteiger partial charge in [0.2, 0.25) is 0 Å². The summed E-state index contributed by atoms with van der Waals surface area (Å²) in [6.07, 6.45) is 3.10. The van der Waals surface area contributed by atoms with Gasteiger partial charge in [-0.2, -0.15) is 0 Å². The minimum absolute atomic E-state index is 0.154. The van der Waals surface area contributed by atoms with Crippen LogP contribution in [0.15, 0.2) is 0 Å². The normalized spacial score (nSPS) is 17.5. The number of carbonyl (C=O) groups excluding carboxylic acids is 1. The lowest BCUT2D eigenvalue weighted by Crippen LogP contribution is -2.34. The van der Waals surface area contributed by atoms with Gasteiger partial charge in [0.15, 0.2) is 0 Å². The van der Waals surface area contributed by atoms with Crippen LogP contribution in [0.2, 0.25) is 0 Å². The molecule has 4 nitrogen and oxygen atoms in total. The quantitative estimate of drug-likeness (QED) is 0.464. The molecule has 1 aliphatic rings. The predicted molar refractivity (Wildman–Crippen MR) is 62.3 cm³/mol. The molecule has 0 heterocycles. The molecule has 0 aromatic rings. The maximum atomic E-state index is 11.1. The summed E-state index contributed by atoms with van der Waals surface area (Å²) < 4.78 is 10.2. The molecular weight excluding hydrogens is 206 g/mol. The molecule has 4 heteroatoms. The molecule has 1 fully saturated rings. The molecule has 0 bridgehead atoms. The molecule has 0 radical (unpaired) electrons. The van der Waals surface area contributed by atoms with E-state index in [1.54, 1.807) is 0 Å². The molecular formula is C12H23NO3. The monoisotopic (exact) mass is 229 g/mol. The Labute approximate surface area is 97.9 Å². The third-order valence-electron chi connectivity index (χ3n) is 3.08. The molecule has 0 aliphatic heterocycles. The molecule has 0 saturated heterocycles. The Morgan fingerprint density at radius 1 is 1.50 bits per heavy atom. The van der Waals surface area contributed by atoms with Crippen LogP contribution in [0.5, 0.6) is 0 Å². The molecule has 0 amide bonds. The second kappa shape index (κ2) is 6.86. The standard InChI is InChI=1S/C12H23NO3/c1-10(8-12(14)15-3)13(2)6-7-16-9-11-4-5-11/h10-11H,4-9H2,1-3H3. The number of nitrogens with zero attached hydrogens (tertiary/aromatic N) is 1. The van der Waals surface area contributed by atoms with Gasteiger partial charge >= 0.3 is 5.97 Å². The second-order valence-electron chi connectivity index (χ2n) is 4.63. The molecule has 1 aliphatic carbocycles. The Hall–Kier alpha value is -0.610. The molecule has 0 spiro atoms. The first-order valence-electron chi connectivity index (χ1n) is 5.98. The minimum atomic E-state index is -0.154. The predicted octanol–water partition coefficient (Wildman–Crippen LogP) is 1.30. The van der Waals surface area contributed by atoms with Crippen LogP contribution in [-0.4, -0.2) is 50.8 Å². The summed E-state index contributed by atoms with van der Waals surface area (Å²) in [6, 6.07) is 0.206. The van der Waals surface area contributed by atoms with Crippen LogP contribution < -0.4 is 0 Å². The van der Waals surface area contributed by atoms with E-state index in [-0.39, 0.29) is 12.0 Å². The molecule has 1 unspecified atom stereocenters. The number of ether oxygens (including phenoxy) is 2. The number of hydrogen-bond donors (Lipinski definition) is 0.